The van der Waals surface area contributed by atoms with E-state index in [1.165, 1.54) is 4.43 Å². The topological polar surface area (TPSA) is 62.6 Å². The van der Waals surface area contributed by atoms with Gasteiger partial charge in [-0.25, -0.2) is 0 Å². The van der Waals surface area contributed by atoms with Gasteiger partial charge in [0.15, 0.2) is 0 Å². The molecule has 2 aromatic carbocycles. The Kier molecular flexibility index (Phi) is 7.68. The third kappa shape index (κ3) is 5.40. The molecular weight excluding hydrogens is 609 g/mol. The summed E-state index contributed by atoms with van der Waals surface area (Å²) in [5.74, 6) is 0.827. The van der Waals surface area contributed by atoms with Gasteiger partial charge >= 0.3 is 240 Å². The molecule has 0 saturated carbocycles. The molecule has 3 aromatic rings. The van der Waals surface area contributed by atoms with Crippen LogP contribution in [-0.4, -0.2) is 28.5 Å². The number of hydrogen-bond acceptors (Lipinski definition) is 4. The monoisotopic (exact) mass is 645 g/mol. The minimum absolute atomic E-state index is 0.183. The van der Waals surface area contributed by atoms with Crippen molar-refractivity contribution < 1.29 is 14.9 Å². The molecule has 0 bridgehead atoms. The summed E-state index contributed by atoms with van der Waals surface area (Å²) in [4.78, 5) is 4.61. The van der Waals surface area contributed by atoms with Gasteiger partial charge in [-0.1, -0.05) is 0 Å². The fourth-order valence-corrected chi connectivity index (χ4v) is 13.1. The van der Waals surface area contributed by atoms with Gasteiger partial charge in [-0.3, -0.25) is 0 Å². The number of pyridine rings is 1. The summed E-state index contributed by atoms with van der Waals surface area (Å²) in [6, 6.07) is 17.8. The third-order valence-electron chi connectivity index (χ3n) is 7.93. The van der Waals surface area contributed by atoms with Crippen molar-refractivity contribution in [2.45, 2.75) is 58.3 Å². The molecule has 1 atom stereocenters. The zero-order valence-electron chi connectivity index (χ0n) is 22.6. The summed E-state index contributed by atoms with van der Waals surface area (Å²) in [7, 11) is 0. The summed E-state index contributed by atoms with van der Waals surface area (Å²) in [5, 5.41) is 23.2. The average molecular weight is 646 g/mol. The van der Waals surface area contributed by atoms with Crippen LogP contribution in [0.5, 0.6) is 5.75 Å². The van der Waals surface area contributed by atoms with Crippen molar-refractivity contribution in [2.24, 2.45) is 5.41 Å². The van der Waals surface area contributed by atoms with Crippen molar-refractivity contribution in [3.05, 3.63) is 99.8 Å². The number of fused-ring (bicyclic) bond motifs is 2. The SMILES string of the molecule is CC(C)(O)c1ccc2c(c1)/C(=C/CCI1CC[C@](O)(c3ccc(Cl)cc3)C(C)(C)C1)c1cccnc1CO2. The number of alkyl halides is 3. The number of hydrogen-bond donors (Lipinski definition) is 2. The van der Waals surface area contributed by atoms with E-state index in [2.05, 4.69) is 37.0 Å². The molecule has 0 aliphatic carbocycles. The fraction of sp³-hybridized carbons (Fsp3) is 0.406. The maximum atomic E-state index is 11.8. The Morgan fingerprint density at radius 3 is 2.58 bits per heavy atom. The molecule has 2 aliphatic heterocycles. The second-order valence-corrected chi connectivity index (χ2v) is 18.1. The standard InChI is InChI=1S/C32H37ClINO3/c1-30(2)21-34(17-15-32(30,37)22-9-12-24(33)13-10-22)16-5-7-25-26-8-6-18-35-28(26)20-38-29-14-11-23(19-27(25)29)31(3,4)36/h6-14,18-19,36-37H,5,15-17,20-21H2,1-4H3/b25-7+/t32-/m0/s1. The number of nitrogens with zero attached hydrogens (tertiary/aromatic N) is 1. The molecule has 202 valence electrons. The van der Waals surface area contributed by atoms with Crippen molar-refractivity contribution in [2.75, 3.05) is 13.3 Å². The van der Waals surface area contributed by atoms with Gasteiger partial charge in [-0.05, 0) is 0 Å². The second-order valence-electron chi connectivity index (χ2n) is 11.5. The second kappa shape index (κ2) is 10.6. The molecule has 0 spiro atoms. The molecule has 5 rings (SSSR count). The first-order valence-corrected chi connectivity index (χ1v) is 18.1. The van der Waals surface area contributed by atoms with Crippen LogP contribution in [0.15, 0.2) is 66.9 Å². The summed E-state index contributed by atoms with van der Waals surface area (Å²) >= 11 is 4.83. The van der Waals surface area contributed by atoms with Crippen molar-refractivity contribution in [3.8, 4) is 5.75 Å². The summed E-state index contributed by atoms with van der Waals surface area (Å²) in [6.45, 7) is 8.50. The zero-order chi connectivity index (χ0) is 27.1. The molecule has 0 amide bonds. The number of benzene rings is 2. The van der Waals surface area contributed by atoms with E-state index in [1.807, 2.05) is 62.5 Å². The number of halogens is 2. The predicted octanol–water partition coefficient (Wildman–Crippen LogP) is 7.50. The van der Waals surface area contributed by atoms with E-state index in [4.69, 9.17) is 16.3 Å². The van der Waals surface area contributed by atoms with Gasteiger partial charge in [-0.2, -0.15) is 0 Å². The van der Waals surface area contributed by atoms with Gasteiger partial charge in [0.25, 0.3) is 0 Å². The number of rotatable bonds is 5. The number of aliphatic hydroxyl groups is 2. The van der Waals surface area contributed by atoms with Crippen LogP contribution >= 0.6 is 31.4 Å². The van der Waals surface area contributed by atoms with Crippen molar-refractivity contribution >= 4 is 37.0 Å². The van der Waals surface area contributed by atoms with Crippen LogP contribution in [0.2, 0.25) is 5.02 Å². The Bertz CT molecular complexity index is 1350. The maximum absolute atomic E-state index is 11.8. The first-order valence-electron chi connectivity index (χ1n) is 13.2. The van der Waals surface area contributed by atoms with Crippen LogP contribution in [-0.2, 0) is 17.8 Å². The van der Waals surface area contributed by atoms with E-state index in [0.29, 0.717) is 11.6 Å². The minimum atomic E-state index is -1.28. The molecule has 0 radical (unpaired) electrons. The molecule has 6 heteroatoms. The molecule has 3 heterocycles. The number of allylic oxidation sites excluding steroid dienone is 1. The number of aromatic nitrogens is 1. The quantitative estimate of drug-likeness (QED) is 0.223. The van der Waals surface area contributed by atoms with Gasteiger partial charge < -0.3 is 0 Å². The van der Waals surface area contributed by atoms with Crippen molar-refractivity contribution in [1.29, 1.82) is 0 Å². The van der Waals surface area contributed by atoms with Gasteiger partial charge in [0, 0.05) is 0 Å². The molecule has 4 nitrogen and oxygen atoms in total. The Balaban J connectivity index is 1.39. The van der Waals surface area contributed by atoms with E-state index in [9.17, 15) is 10.2 Å². The Labute approximate surface area is 238 Å². The molecule has 1 saturated heterocycles. The Morgan fingerprint density at radius 2 is 1.87 bits per heavy atom. The van der Waals surface area contributed by atoms with E-state index in [1.54, 1.807) is 0 Å². The van der Waals surface area contributed by atoms with Crippen molar-refractivity contribution in [1.82, 2.24) is 4.98 Å². The van der Waals surface area contributed by atoms with Crippen LogP contribution in [0.25, 0.3) is 5.57 Å². The Hall–Kier alpha value is -1.93. The third-order valence-corrected chi connectivity index (χ3v) is 15.4. The van der Waals surface area contributed by atoms with E-state index in [0.717, 1.165) is 61.0 Å². The number of ether oxygens (including phenoxy) is 1. The molecule has 1 fully saturated rings. The summed E-state index contributed by atoms with van der Waals surface area (Å²) in [6.07, 6.45) is 5.96. The molecule has 0 unspecified atom stereocenters. The van der Waals surface area contributed by atoms with Crippen LogP contribution in [0, 0.1) is 5.41 Å². The summed E-state index contributed by atoms with van der Waals surface area (Å²) in [5.41, 5.74) is 4.09. The first kappa shape index (κ1) is 27.6. The molecule has 1 aromatic heterocycles. The van der Waals surface area contributed by atoms with E-state index < -0.39 is 31.0 Å². The molecule has 2 aliphatic rings. The van der Waals surface area contributed by atoms with E-state index in [-0.39, 0.29) is 5.41 Å². The van der Waals surface area contributed by atoms with Crippen molar-refractivity contribution in [3.63, 3.8) is 0 Å². The van der Waals surface area contributed by atoms with Gasteiger partial charge in [-0.15, -0.1) is 0 Å². The zero-order valence-corrected chi connectivity index (χ0v) is 25.5. The van der Waals surface area contributed by atoms with Crippen LogP contribution in [0.3, 0.4) is 0 Å². The molecular formula is C32H37ClINO3. The normalized spacial score (nSPS) is 22.8. The average Bonchev–Trinajstić information content (AvgIpc) is 3.02. The van der Waals surface area contributed by atoms with Crippen LogP contribution < -0.4 is 4.74 Å². The predicted molar refractivity (Wildman–Crippen MR) is 164 cm³/mol. The summed E-state index contributed by atoms with van der Waals surface area (Å²) < 4.78 is 9.60. The van der Waals surface area contributed by atoms with Gasteiger partial charge in [0.05, 0.1) is 0 Å². The Morgan fingerprint density at radius 1 is 1.11 bits per heavy atom. The van der Waals surface area contributed by atoms with E-state index >= 15 is 0 Å². The molecule has 2 N–H and O–H groups in total. The fourth-order valence-electron chi connectivity index (χ4n) is 5.59. The van der Waals surface area contributed by atoms with Crippen LogP contribution in [0.1, 0.15) is 68.5 Å². The van der Waals surface area contributed by atoms with Crippen LogP contribution in [0.4, 0.5) is 0 Å². The van der Waals surface area contributed by atoms with Gasteiger partial charge in [0.2, 0.25) is 0 Å². The first-order chi connectivity index (χ1) is 18.0. The van der Waals surface area contributed by atoms with Gasteiger partial charge in [0.1, 0.15) is 0 Å². The molecule has 38 heavy (non-hydrogen) atoms.